The molecule has 0 bridgehead atoms. The molecule has 0 unspecified atom stereocenters. The van der Waals surface area contributed by atoms with Gasteiger partial charge in [0.1, 0.15) is 6.10 Å². The summed E-state index contributed by atoms with van der Waals surface area (Å²) < 4.78 is 6.86. The molecule has 1 saturated heterocycles. The number of rotatable bonds is 3. The number of amides is 1. The van der Waals surface area contributed by atoms with E-state index in [-0.39, 0.29) is 12.0 Å². The van der Waals surface area contributed by atoms with Crippen LogP contribution in [-0.2, 0) is 0 Å². The molecule has 3 heterocycles. The first-order valence-electron chi connectivity index (χ1n) is 7.78. The fourth-order valence-electron chi connectivity index (χ4n) is 2.80. The van der Waals surface area contributed by atoms with Crippen molar-refractivity contribution in [1.29, 1.82) is 0 Å². The number of thiazole rings is 1. The van der Waals surface area contributed by atoms with Crippen molar-refractivity contribution in [2.75, 3.05) is 13.1 Å². The second-order valence-corrected chi connectivity index (χ2v) is 6.71. The van der Waals surface area contributed by atoms with Crippen molar-refractivity contribution < 1.29 is 9.53 Å². The van der Waals surface area contributed by atoms with Gasteiger partial charge in [-0.25, -0.2) is 4.98 Å². The van der Waals surface area contributed by atoms with Gasteiger partial charge >= 0.3 is 0 Å². The van der Waals surface area contributed by atoms with Gasteiger partial charge in [-0.1, -0.05) is 0 Å². The van der Waals surface area contributed by atoms with Crippen molar-refractivity contribution in [2.45, 2.75) is 19.4 Å². The maximum atomic E-state index is 12.7. The third kappa shape index (κ3) is 2.94. The molecule has 24 heavy (non-hydrogen) atoms. The molecular formula is C17H16N4O2S. The molecule has 1 fully saturated rings. The number of benzene rings is 1. The maximum Gasteiger partial charge on any atom is 0.254 e. The molecule has 0 N–H and O–H groups in total. The second-order valence-electron chi connectivity index (χ2n) is 5.83. The lowest BCUT2D eigenvalue weighted by Gasteiger charge is -2.17. The number of hydrogen-bond donors (Lipinski definition) is 0. The Morgan fingerprint density at radius 1 is 1.29 bits per heavy atom. The van der Waals surface area contributed by atoms with Crippen LogP contribution in [0.25, 0.3) is 10.2 Å². The molecule has 1 aliphatic heterocycles. The van der Waals surface area contributed by atoms with Crippen LogP contribution in [0.5, 0.6) is 5.88 Å². The average molecular weight is 340 g/mol. The number of carbonyl (C=O) groups is 1. The van der Waals surface area contributed by atoms with Gasteiger partial charge in [0.15, 0.2) is 0 Å². The molecular weight excluding hydrogens is 324 g/mol. The van der Waals surface area contributed by atoms with Crippen LogP contribution in [0.2, 0.25) is 0 Å². The van der Waals surface area contributed by atoms with E-state index < -0.39 is 0 Å². The summed E-state index contributed by atoms with van der Waals surface area (Å²) >= 11 is 1.54. The number of ether oxygens (including phenoxy) is 1. The van der Waals surface area contributed by atoms with Crippen LogP contribution >= 0.6 is 11.3 Å². The molecule has 6 nitrogen and oxygen atoms in total. The van der Waals surface area contributed by atoms with E-state index in [1.807, 2.05) is 42.2 Å². The van der Waals surface area contributed by atoms with Gasteiger partial charge in [0.05, 0.1) is 28.0 Å². The van der Waals surface area contributed by atoms with Gasteiger partial charge in [0, 0.05) is 24.6 Å². The number of aryl methyl sites for hydroxylation is 1. The van der Waals surface area contributed by atoms with E-state index in [9.17, 15) is 4.79 Å². The van der Waals surface area contributed by atoms with Gasteiger partial charge in [0.2, 0.25) is 5.88 Å². The third-order valence-corrected chi connectivity index (χ3v) is 4.86. The third-order valence-electron chi connectivity index (χ3n) is 4.07. The number of nitrogens with zero attached hydrogens (tertiary/aromatic N) is 4. The van der Waals surface area contributed by atoms with E-state index in [1.54, 1.807) is 16.8 Å². The molecule has 3 aromatic rings. The smallest absolute Gasteiger partial charge is 0.254 e. The molecule has 0 aliphatic carbocycles. The summed E-state index contributed by atoms with van der Waals surface area (Å²) in [5, 5.41) is 8.00. The van der Waals surface area contributed by atoms with Crippen LogP contribution in [-0.4, -0.2) is 45.2 Å². The maximum absolute atomic E-state index is 12.7. The Kier molecular flexibility index (Phi) is 3.86. The number of likely N-dealkylation sites (tertiary alicyclic amines) is 1. The highest BCUT2D eigenvalue weighted by Crippen LogP contribution is 2.22. The SMILES string of the molecule is Cc1ccc(O[C@@H]2CCN(C(=O)c3ccc4ncsc4c3)C2)nn1. The minimum Gasteiger partial charge on any atom is -0.471 e. The summed E-state index contributed by atoms with van der Waals surface area (Å²) in [5.74, 6) is 0.539. The van der Waals surface area contributed by atoms with Crippen LogP contribution in [0.3, 0.4) is 0 Å². The fourth-order valence-corrected chi connectivity index (χ4v) is 3.52. The van der Waals surface area contributed by atoms with Crippen molar-refractivity contribution >= 4 is 27.5 Å². The van der Waals surface area contributed by atoms with E-state index in [0.717, 1.165) is 22.3 Å². The number of aromatic nitrogens is 3. The van der Waals surface area contributed by atoms with Crippen molar-refractivity contribution in [3.8, 4) is 5.88 Å². The zero-order valence-electron chi connectivity index (χ0n) is 13.2. The highest BCUT2D eigenvalue weighted by molar-refractivity contribution is 7.16. The molecule has 122 valence electrons. The minimum atomic E-state index is -0.0434. The number of carbonyl (C=O) groups excluding carboxylic acids is 1. The van der Waals surface area contributed by atoms with Crippen LogP contribution in [0.4, 0.5) is 0 Å². The molecule has 1 aromatic carbocycles. The largest absolute Gasteiger partial charge is 0.471 e. The van der Waals surface area contributed by atoms with E-state index in [0.29, 0.717) is 24.5 Å². The molecule has 0 spiro atoms. The molecule has 2 aromatic heterocycles. The van der Waals surface area contributed by atoms with Gasteiger partial charge in [-0.05, 0) is 31.2 Å². The van der Waals surface area contributed by atoms with E-state index >= 15 is 0 Å². The van der Waals surface area contributed by atoms with Crippen LogP contribution in [0, 0.1) is 6.92 Å². The highest BCUT2D eigenvalue weighted by atomic mass is 32.1. The summed E-state index contributed by atoms with van der Waals surface area (Å²) in [6, 6.07) is 9.32. The Balaban J connectivity index is 1.43. The van der Waals surface area contributed by atoms with Gasteiger partial charge in [-0.3, -0.25) is 4.79 Å². The highest BCUT2D eigenvalue weighted by Gasteiger charge is 2.28. The number of hydrogen-bond acceptors (Lipinski definition) is 6. The summed E-state index contributed by atoms with van der Waals surface area (Å²) in [4.78, 5) is 18.8. The zero-order chi connectivity index (χ0) is 16.5. The Morgan fingerprint density at radius 2 is 2.21 bits per heavy atom. The molecule has 4 rings (SSSR count). The summed E-state index contributed by atoms with van der Waals surface area (Å²) in [6.07, 6.45) is 0.752. The fraction of sp³-hybridized carbons (Fsp3) is 0.294. The molecule has 0 radical (unpaired) electrons. The normalized spacial score (nSPS) is 17.4. The average Bonchev–Trinajstić information content (AvgIpc) is 3.24. The predicted octanol–water partition coefficient (Wildman–Crippen LogP) is 2.69. The lowest BCUT2D eigenvalue weighted by molar-refractivity contribution is 0.0771. The molecule has 0 saturated carbocycles. The Bertz CT molecular complexity index is 878. The second kappa shape index (κ2) is 6.16. The van der Waals surface area contributed by atoms with Gasteiger partial charge < -0.3 is 9.64 Å². The van der Waals surface area contributed by atoms with E-state index in [1.165, 1.54) is 0 Å². The van der Waals surface area contributed by atoms with Gasteiger partial charge in [-0.15, -0.1) is 16.4 Å². The number of fused-ring (bicyclic) bond motifs is 1. The van der Waals surface area contributed by atoms with Gasteiger partial charge in [-0.2, -0.15) is 5.10 Å². The van der Waals surface area contributed by atoms with Crippen LogP contribution in [0.1, 0.15) is 22.5 Å². The van der Waals surface area contributed by atoms with Crippen molar-refractivity contribution in [3.05, 3.63) is 47.1 Å². The minimum absolute atomic E-state index is 0.0337. The summed E-state index contributed by atoms with van der Waals surface area (Å²) in [5.41, 5.74) is 4.27. The standard InChI is InChI=1S/C17H16N4O2S/c1-11-2-5-16(20-19-11)23-13-6-7-21(9-13)17(22)12-3-4-14-15(8-12)24-10-18-14/h2-5,8,10,13H,6-7,9H2,1H3/t13-/m1/s1. The van der Waals surface area contributed by atoms with Crippen molar-refractivity contribution in [2.24, 2.45) is 0 Å². The lowest BCUT2D eigenvalue weighted by Crippen LogP contribution is -2.31. The zero-order valence-corrected chi connectivity index (χ0v) is 14.0. The van der Waals surface area contributed by atoms with Crippen LogP contribution in [0.15, 0.2) is 35.8 Å². The van der Waals surface area contributed by atoms with Crippen LogP contribution < -0.4 is 4.74 Å². The van der Waals surface area contributed by atoms with Crippen molar-refractivity contribution in [1.82, 2.24) is 20.1 Å². The Labute approximate surface area is 143 Å². The quantitative estimate of drug-likeness (QED) is 0.733. The van der Waals surface area contributed by atoms with E-state index in [2.05, 4.69) is 15.2 Å². The Hall–Kier alpha value is -2.54. The van der Waals surface area contributed by atoms with Crippen molar-refractivity contribution in [3.63, 3.8) is 0 Å². The molecule has 7 heteroatoms. The lowest BCUT2D eigenvalue weighted by atomic mass is 10.2. The first-order valence-corrected chi connectivity index (χ1v) is 8.66. The first-order chi connectivity index (χ1) is 11.7. The topological polar surface area (TPSA) is 68.2 Å². The molecule has 1 aliphatic rings. The summed E-state index contributed by atoms with van der Waals surface area (Å²) in [6.45, 7) is 3.13. The monoisotopic (exact) mass is 340 g/mol. The summed E-state index contributed by atoms with van der Waals surface area (Å²) in [7, 11) is 0. The Morgan fingerprint density at radius 3 is 3.04 bits per heavy atom. The first kappa shape index (κ1) is 15.0. The van der Waals surface area contributed by atoms with Gasteiger partial charge in [0.25, 0.3) is 5.91 Å². The molecule has 1 amide bonds. The molecule has 1 atom stereocenters. The predicted molar refractivity (Wildman–Crippen MR) is 91.3 cm³/mol. The van der Waals surface area contributed by atoms with E-state index in [4.69, 9.17) is 4.74 Å².